The largest absolute Gasteiger partial charge is 0.311 e. The Morgan fingerprint density at radius 2 is 2.29 bits per heavy atom. The molecular formula is C11H22N6. The highest BCUT2D eigenvalue weighted by Gasteiger charge is 2.35. The van der Waals surface area contributed by atoms with Gasteiger partial charge in [-0.2, -0.15) is 4.80 Å². The van der Waals surface area contributed by atoms with Gasteiger partial charge < -0.3 is 5.32 Å². The van der Waals surface area contributed by atoms with E-state index in [9.17, 15) is 0 Å². The second-order valence-electron chi connectivity index (χ2n) is 5.21. The van der Waals surface area contributed by atoms with Gasteiger partial charge in [0.05, 0.1) is 13.6 Å². The van der Waals surface area contributed by atoms with Crippen LogP contribution in [-0.2, 0) is 13.6 Å². The fourth-order valence-corrected chi connectivity index (χ4v) is 2.28. The Bertz CT molecular complexity index is 376. The molecule has 1 N–H and O–H groups in total. The number of piperazine rings is 1. The van der Waals surface area contributed by atoms with Crippen molar-refractivity contribution in [2.24, 2.45) is 7.05 Å². The lowest BCUT2D eigenvalue weighted by molar-refractivity contribution is 0.0429. The molecule has 17 heavy (non-hydrogen) atoms. The lowest BCUT2D eigenvalue weighted by Crippen LogP contribution is -2.61. The molecule has 6 heteroatoms. The van der Waals surface area contributed by atoms with Gasteiger partial charge in [-0.05, 0) is 25.5 Å². The molecule has 0 aromatic carbocycles. The van der Waals surface area contributed by atoms with Gasteiger partial charge in [0.2, 0.25) is 0 Å². The molecule has 0 bridgehead atoms. The van der Waals surface area contributed by atoms with Crippen LogP contribution < -0.4 is 5.32 Å². The summed E-state index contributed by atoms with van der Waals surface area (Å²) in [6.45, 7) is 9.57. The predicted molar refractivity (Wildman–Crippen MR) is 65.4 cm³/mol. The maximum absolute atomic E-state index is 4.26. The Morgan fingerprint density at radius 1 is 1.53 bits per heavy atom. The molecule has 0 saturated carbocycles. The third-order valence-corrected chi connectivity index (χ3v) is 3.73. The highest BCUT2D eigenvalue weighted by molar-refractivity contribution is 4.95. The molecule has 1 aliphatic rings. The number of nitrogens with one attached hydrogen (secondary N) is 1. The molecule has 2 heterocycles. The third kappa shape index (κ3) is 2.63. The van der Waals surface area contributed by atoms with Crippen molar-refractivity contribution in [2.75, 3.05) is 13.1 Å². The number of tetrazole rings is 1. The molecule has 1 aliphatic heterocycles. The van der Waals surface area contributed by atoms with E-state index in [1.807, 2.05) is 0 Å². The monoisotopic (exact) mass is 238 g/mol. The van der Waals surface area contributed by atoms with Crippen LogP contribution in [0.2, 0.25) is 0 Å². The van der Waals surface area contributed by atoms with E-state index in [1.54, 1.807) is 7.05 Å². The van der Waals surface area contributed by atoms with Crippen LogP contribution in [-0.4, -0.2) is 49.8 Å². The summed E-state index contributed by atoms with van der Waals surface area (Å²) in [6, 6.07) is 0.520. The molecule has 1 aromatic rings. The van der Waals surface area contributed by atoms with Crippen LogP contribution in [0, 0.1) is 0 Å². The van der Waals surface area contributed by atoms with Crippen molar-refractivity contribution in [1.29, 1.82) is 0 Å². The zero-order chi connectivity index (χ0) is 12.5. The van der Waals surface area contributed by atoms with E-state index in [2.05, 4.69) is 46.4 Å². The minimum Gasteiger partial charge on any atom is -0.311 e. The van der Waals surface area contributed by atoms with Gasteiger partial charge in [0, 0.05) is 24.7 Å². The van der Waals surface area contributed by atoms with Crippen molar-refractivity contribution in [1.82, 2.24) is 30.4 Å². The average molecular weight is 238 g/mol. The second-order valence-corrected chi connectivity index (χ2v) is 5.21. The quantitative estimate of drug-likeness (QED) is 0.813. The highest BCUT2D eigenvalue weighted by Crippen LogP contribution is 2.23. The van der Waals surface area contributed by atoms with Gasteiger partial charge in [0.15, 0.2) is 5.82 Å². The molecule has 0 radical (unpaired) electrons. The van der Waals surface area contributed by atoms with Gasteiger partial charge in [-0.15, -0.1) is 10.2 Å². The Kier molecular flexibility index (Phi) is 3.44. The van der Waals surface area contributed by atoms with E-state index in [0.29, 0.717) is 6.04 Å². The number of hydrogen-bond acceptors (Lipinski definition) is 5. The van der Waals surface area contributed by atoms with Gasteiger partial charge in [-0.25, -0.2) is 0 Å². The molecule has 96 valence electrons. The fraction of sp³-hybridized carbons (Fsp3) is 0.909. The molecule has 1 fully saturated rings. The lowest BCUT2D eigenvalue weighted by atomic mass is 9.92. The van der Waals surface area contributed by atoms with Crippen LogP contribution >= 0.6 is 0 Å². The predicted octanol–water partition coefficient (Wildman–Crippen LogP) is 0.173. The van der Waals surface area contributed by atoms with Gasteiger partial charge >= 0.3 is 0 Å². The highest BCUT2D eigenvalue weighted by atomic mass is 15.6. The number of hydrogen-bond donors (Lipinski definition) is 1. The molecule has 2 rings (SSSR count). The van der Waals surface area contributed by atoms with Crippen molar-refractivity contribution in [3.8, 4) is 0 Å². The van der Waals surface area contributed by atoms with Crippen LogP contribution in [0.25, 0.3) is 0 Å². The Hall–Kier alpha value is -1.01. The minimum atomic E-state index is 0.186. The second kappa shape index (κ2) is 4.70. The number of aromatic nitrogens is 4. The van der Waals surface area contributed by atoms with Gasteiger partial charge in [0.1, 0.15) is 0 Å². The van der Waals surface area contributed by atoms with Crippen LogP contribution in [0.4, 0.5) is 0 Å². The van der Waals surface area contributed by atoms with Gasteiger partial charge in [-0.3, -0.25) is 4.90 Å². The van der Waals surface area contributed by atoms with Gasteiger partial charge in [-0.1, -0.05) is 6.92 Å². The number of aryl methyl sites for hydroxylation is 1. The molecule has 2 atom stereocenters. The van der Waals surface area contributed by atoms with Crippen molar-refractivity contribution >= 4 is 0 Å². The van der Waals surface area contributed by atoms with Crippen LogP contribution in [0.1, 0.15) is 33.0 Å². The van der Waals surface area contributed by atoms with Gasteiger partial charge in [0.25, 0.3) is 0 Å². The van der Waals surface area contributed by atoms with Crippen LogP contribution in [0.15, 0.2) is 0 Å². The molecule has 0 amide bonds. The number of nitrogens with zero attached hydrogens (tertiary/aromatic N) is 5. The molecule has 0 aliphatic carbocycles. The summed E-state index contributed by atoms with van der Waals surface area (Å²) < 4.78 is 0. The first-order valence-electron chi connectivity index (χ1n) is 6.25. The molecule has 1 aromatic heterocycles. The third-order valence-electron chi connectivity index (χ3n) is 3.73. The minimum absolute atomic E-state index is 0.186. The van der Waals surface area contributed by atoms with Crippen LogP contribution in [0.3, 0.4) is 0 Å². The van der Waals surface area contributed by atoms with Crippen molar-refractivity contribution < 1.29 is 0 Å². The normalized spacial score (nSPS) is 30.7. The van der Waals surface area contributed by atoms with Crippen LogP contribution in [0.5, 0.6) is 0 Å². The molecule has 2 unspecified atom stereocenters. The van der Waals surface area contributed by atoms with E-state index >= 15 is 0 Å². The Labute approximate surface area is 102 Å². The molecule has 1 saturated heterocycles. The molecule has 6 nitrogen and oxygen atoms in total. The SMILES string of the molecule is CCC1(C)CNC(C)CN1Cc1nnn(C)n1. The van der Waals surface area contributed by atoms with E-state index in [0.717, 1.165) is 31.9 Å². The van der Waals surface area contributed by atoms with E-state index in [1.165, 1.54) is 4.80 Å². The maximum atomic E-state index is 4.26. The molecular weight excluding hydrogens is 216 g/mol. The first-order chi connectivity index (χ1) is 8.03. The zero-order valence-electron chi connectivity index (χ0n) is 11.1. The summed E-state index contributed by atoms with van der Waals surface area (Å²) in [4.78, 5) is 3.98. The average Bonchev–Trinajstić information content (AvgIpc) is 2.70. The fourth-order valence-electron chi connectivity index (χ4n) is 2.28. The smallest absolute Gasteiger partial charge is 0.188 e. The maximum Gasteiger partial charge on any atom is 0.188 e. The standard InChI is InChI=1S/C11H22N6/c1-5-11(3)8-12-9(2)6-17(11)7-10-13-15-16(4)14-10/h9,12H,5-8H2,1-4H3. The molecule has 0 spiro atoms. The Morgan fingerprint density at radius 3 is 2.88 bits per heavy atom. The van der Waals surface area contributed by atoms with Crippen molar-refractivity contribution in [3.63, 3.8) is 0 Å². The summed E-state index contributed by atoms with van der Waals surface area (Å²) in [5, 5.41) is 15.8. The van der Waals surface area contributed by atoms with E-state index in [-0.39, 0.29) is 5.54 Å². The summed E-state index contributed by atoms with van der Waals surface area (Å²) >= 11 is 0. The van der Waals surface area contributed by atoms with Crippen molar-refractivity contribution in [3.05, 3.63) is 5.82 Å². The number of rotatable bonds is 3. The lowest BCUT2D eigenvalue weighted by Gasteiger charge is -2.46. The van der Waals surface area contributed by atoms with E-state index in [4.69, 9.17) is 0 Å². The van der Waals surface area contributed by atoms with Crippen molar-refractivity contribution in [2.45, 2.75) is 45.3 Å². The summed E-state index contributed by atoms with van der Waals surface area (Å²) in [5.41, 5.74) is 0.186. The first kappa shape index (κ1) is 12.4. The summed E-state index contributed by atoms with van der Waals surface area (Å²) in [5.74, 6) is 0.807. The Balaban J connectivity index is 2.10. The van der Waals surface area contributed by atoms with E-state index < -0.39 is 0 Å². The zero-order valence-corrected chi connectivity index (χ0v) is 11.1. The summed E-state index contributed by atoms with van der Waals surface area (Å²) in [7, 11) is 1.80. The first-order valence-corrected chi connectivity index (χ1v) is 6.25. The topological polar surface area (TPSA) is 58.9 Å². The summed E-state index contributed by atoms with van der Waals surface area (Å²) in [6.07, 6.45) is 1.12.